The summed E-state index contributed by atoms with van der Waals surface area (Å²) in [5, 5.41) is 3.29. The van der Waals surface area contributed by atoms with Crippen LogP contribution in [-0.4, -0.2) is 24.9 Å². The first-order valence-corrected chi connectivity index (χ1v) is 16.3. The number of benzene rings is 6. The second kappa shape index (κ2) is 11.4. The molecule has 0 bridgehead atoms. The fraction of sp³-hybridized carbons (Fsp3) is 0. The predicted molar refractivity (Wildman–Crippen MR) is 193 cm³/mol. The van der Waals surface area contributed by atoms with Crippen LogP contribution >= 0.6 is 11.3 Å². The second-order valence-electron chi connectivity index (χ2n) is 11.3. The molecular formula is C41H25N5S. The molecule has 0 N–H and O–H groups in total. The van der Waals surface area contributed by atoms with Gasteiger partial charge in [-0.15, -0.1) is 11.3 Å². The van der Waals surface area contributed by atoms with Gasteiger partial charge in [0.2, 0.25) is 0 Å². The van der Waals surface area contributed by atoms with Crippen molar-refractivity contribution in [2.75, 3.05) is 0 Å². The van der Waals surface area contributed by atoms with Gasteiger partial charge in [-0.2, -0.15) is 0 Å². The first-order chi connectivity index (χ1) is 23.3. The van der Waals surface area contributed by atoms with Crippen LogP contribution in [-0.2, 0) is 0 Å². The number of para-hydroxylation sites is 1. The number of hydrogen-bond acceptors (Lipinski definition) is 6. The first kappa shape index (κ1) is 27.2. The molecule has 0 aliphatic heterocycles. The van der Waals surface area contributed by atoms with Crippen molar-refractivity contribution in [2.45, 2.75) is 0 Å². The van der Waals surface area contributed by atoms with Gasteiger partial charge in [0.25, 0.3) is 0 Å². The summed E-state index contributed by atoms with van der Waals surface area (Å²) in [7, 11) is 0. The number of thiophene rings is 1. The van der Waals surface area contributed by atoms with E-state index in [1.54, 1.807) is 11.3 Å². The highest BCUT2D eigenvalue weighted by Crippen LogP contribution is 2.43. The molecule has 0 unspecified atom stereocenters. The Bertz CT molecular complexity index is 2510. The van der Waals surface area contributed by atoms with Crippen LogP contribution in [0, 0.1) is 0 Å². The maximum atomic E-state index is 5.21. The predicted octanol–water partition coefficient (Wildman–Crippen LogP) is 10.5. The van der Waals surface area contributed by atoms with Crippen molar-refractivity contribution < 1.29 is 0 Å². The van der Waals surface area contributed by atoms with Gasteiger partial charge in [0.05, 0.1) is 11.2 Å². The summed E-state index contributed by atoms with van der Waals surface area (Å²) in [6.07, 6.45) is 0. The van der Waals surface area contributed by atoms with Gasteiger partial charge in [0.15, 0.2) is 23.3 Å². The molecule has 0 spiro atoms. The Balaban J connectivity index is 1.27. The molecule has 3 heterocycles. The zero-order valence-electron chi connectivity index (χ0n) is 25.1. The third-order valence-corrected chi connectivity index (χ3v) is 9.56. The van der Waals surface area contributed by atoms with Crippen LogP contribution in [0.4, 0.5) is 0 Å². The highest BCUT2D eigenvalue weighted by molar-refractivity contribution is 7.26. The number of aromatic nitrogens is 5. The summed E-state index contributed by atoms with van der Waals surface area (Å²) in [4.78, 5) is 25.3. The van der Waals surface area contributed by atoms with Gasteiger partial charge in [0, 0.05) is 53.4 Å². The molecule has 0 saturated carbocycles. The van der Waals surface area contributed by atoms with Gasteiger partial charge in [-0.1, -0.05) is 133 Å². The molecule has 220 valence electrons. The number of hydrogen-bond donors (Lipinski definition) is 0. The van der Waals surface area contributed by atoms with Crippen LogP contribution in [0.1, 0.15) is 0 Å². The van der Waals surface area contributed by atoms with E-state index in [1.165, 1.54) is 0 Å². The summed E-state index contributed by atoms with van der Waals surface area (Å²) >= 11 is 1.74. The summed E-state index contributed by atoms with van der Waals surface area (Å²) in [5.74, 6) is 2.64. The molecule has 6 aromatic carbocycles. The van der Waals surface area contributed by atoms with E-state index >= 15 is 0 Å². The molecule has 6 heteroatoms. The maximum Gasteiger partial charge on any atom is 0.165 e. The van der Waals surface area contributed by atoms with Gasteiger partial charge in [-0.25, -0.2) is 24.9 Å². The zero-order chi connectivity index (χ0) is 31.2. The third-order valence-electron chi connectivity index (χ3n) is 8.35. The standard InChI is InChI=1S/C41H25N5S/c1-4-14-26(15-5-1)36-29-20-10-11-24-33(29)42-40(43-36)31-22-13-25-34-35(31)30-21-12-23-32(37(30)47-34)41-45-38(27-16-6-2-7-17-27)44-39(46-41)28-18-8-3-9-19-28/h1-25H. The van der Waals surface area contributed by atoms with E-state index in [9.17, 15) is 0 Å². The van der Waals surface area contributed by atoms with Crippen LogP contribution in [0.5, 0.6) is 0 Å². The third kappa shape index (κ3) is 4.83. The fourth-order valence-corrected chi connectivity index (χ4v) is 7.39. The molecular weight excluding hydrogens is 595 g/mol. The lowest BCUT2D eigenvalue weighted by Gasteiger charge is -2.10. The molecule has 0 atom stereocenters. The Hall–Kier alpha value is -6.11. The Morgan fingerprint density at radius 3 is 1.60 bits per heavy atom. The monoisotopic (exact) mass is 619 g/mol. The zero-order valence-corrected chi connectivity index (χ0v) is 25.9. The molecule has 5 nitrogen and oxygen atoms in total. The Morgan fingerprint density at radius 1 is 0.362 bits per heavy atom. The summed E-state index contributed by atoms with van der Waals surface area (Å²) < 4.78 is 2.27. The second-order valence-corrected chi connectivity index (χ2v) is 12.3. The van der Waals surface area contributed by atoms with E-state index in [-0.39, 0.29) is 0 Å². The van der Waals surface area contributed by atoms with Crippen molar-refractivity contribution in [3.8, 4) is 56.8 Å². The molecule has 47 heavy (non-hydrogen) atoms. The molecule has 9 rings (SSSR count). The van der Waals surface area contributed by atoms with Gasteiger partial charge < -0.3 is 0 Å². The highest BCUT2D eigenvalue weighted by Gasteiger charge is 2.20. The van der Waals surface area contributed by atoms with E-state index in [4.69, 9.17) is 24.9 Å². The molecule has 0 aliphatic rings. The van der Waals surface area contributed by atoms with E-state index < -0.39 is 0 Å². The van der Waals surface area contributed by atoms with Gasteiger partial charge in [-0.05, 0) is 18.2 Å². The molecule has 0 saturated heterocycles. The average molecular weight is 620 g/mol. The maximum absolute atomic E-state index is 5.21. The molecule has 0 fully saturated rings. The van der Waals surface area contributed by atoms with E-state index in [2.05, 4.69) is 60.7 Å². The minimum absolute atomic E-state index is 0.643. The largest absolute Gasteiger partial charge is 0.228 e. The quantitative estimate of drug-likeness (QED) is 0.192. The number of rotatable bonds is 5. The topological polar surface area (TPSA) is 64.5 Å². The molecule has 0 aliphatic carbocycles. The Morgan fingerprint density at radius 2 is 0.894 bits per heavy atom. The Kier molecular flexibility index (Phi) is 6.58. The van der Waals surface area contributed by atoms with Crippen LogP contribution in [0.2, 0.25) is 0 Å². The lowest BCUT2D eigenvalue weighted by molar-refractivity contribution is 1.08. The summed E-state index contributed by atoms with van der Waals surface area (Å²) in [6.45, 7) is 0. The van der Waals surface area contributed by atoms with Crippen LogP contribution in [0.25, 0.3) is 87.9 Å². The SMILES string of the molecule is c1ccc(-c2nc(-c3ccccc3)nc(-c3cccc4c3sc3cccc(-c5nc(-c6ccccc6)c6ccccc6n5)c34)n2)cc1. The lowest BCUT2D eigenvalue weighted by atomic mass is 10.0. The van der Waals surface area contributed by atoms with Crippen molar-refractivity contribution in [1.82, 2.24) is 24.9 Å². The van der Waals surface area contributed by atoms with E-state index in [0.29, 0.717) is 23.3 Å². The van der Waals surface area contributed by atoms with Crippen molar-refractivity contribution in [3.63, 3.8) is 0 Å². The van der Waals surface area contributed by atoms with E-state index in [1.807, 2.05) is 91.0 Å². The van der Waals surface area contributed by atoms with Crippen LogP contribution in [0.3, 0.4) is 0 Å². The van der Waals surface area contributed by atoms with Crippen molar-refractivity contribution in [2.24, 2.45) is 0 Å². The average Bonchev–Trinajstić information content (AvgIpc) is 3.54. The Labute approximate surface area is 275 Å². The molecule has 0 amide bonds. The van der Waals surface area contributed by atoms with Crippen LogP contribution < -0.4 is 0 Å². The minimum atomic E-state index is 0.643. The summed E-state index contributed by atoms with van der Waals surface area (Å²) in [5.41, 5.74) is 6.77. The lowest BCUT2D eigenvalue weighted by Crippen LogP contribution is -2.00. The number of fused-ring (bicyclic) bond motifs is 4. The normalized spacial score (nSPS) is 11.4. The van der Waals surface area contributed by atoms with Gasteiger partial charge >= 0.3 is 0 Å². The van der Waals surface area contributed by atoms with E-state index in [0.717, 1.165) is 64.6 Å². The minimum Gasteiger partial charge on any atom is -0.228 e. The molecule has 9 aromatic rings. The fourth-order valence-electron chi connectivity index (χ4n) is 6.15. The summed E-state index contributed by atoms with van der Waals surface area (Å²) in [6, 6.07) is 51.5. The van der Waals surface area contributed by atoms with Crippen molar-refractivity contribution >= 4 is 42.4 Å². The van der Waals surface area contributed by atoms with Crippen LogP contribution in [0.15, 0.2) is 152 Å². The van der Waals surface area contributed by atoms with Crippen molar-refractivity contribution in [3.05, 3.63) is 152 Å². The van der Waals surface area contributed by atoms with Crippen molar-refractivity contribution in [1.29, 1.82) is 0 Å². The smallest absolute Gasteiger partial charge is 0.165 e. The first-order valence-electron chi connectivity index (χ1n) is 15.4. The van der Waals surface area contributed by atoms with Gasteiger partial charge in [-0.3, -0.25) is 0 Å². The molecule has 0 radical (unpaired) electrons. The highest BCUT2D eigenvalue weighted by atomic mass is 32.1. The molecule has 3 aromatic heterocycles. The number of nitrogens with zero attached hydrogens (tertiary/aromatic N) is 5. The van der Waals surface area contributed by atoms with Gasteiger partial charge in [0.1, 0.15) is 0 Å².